The molecule has 158 valence electrons. The van der Waals surface area contributed by atoms with Crippen LogP contribution in [0.2, 0.25) is 10.0 Å². The average molecular weight is 455 g/mol. The zero-order chi connectivity index (χ0) is 21.5. The van der Waals surface area contributed by atoms with Crippen molar-refractivity contribution in [2.75, 3.05) is 13.1 Å². The van der Waals surface area contributed by atoms with Gasteiger partial charge in [0.25, 0.3) is 11.8 Å². The second kappa shape index (κ2) is 8.02. The van der Waals surface area contributed by atoms with E-state index in [1.807, 2.05) is 18.2 Å². The van der Waals surface area contributed by atoms with Crippen LogP contribution < -0.4 is 0 Å². The van der Waals surface area contributed by atoms with Gasteiger partial charge in [-0.05, 0) is 29.7 Å². The number of benzene rings is 2. The van der Waals surface area contributed by atoms with E-state index in [4.69, 9.17) is 23.2 Å². The molecule has 2 amide bonds. The first-order chi connectivity index (χ1) is 15.0. The topological polar surface area (TPSA) is 58.4 Å². The first-order valence-electron chi connectivity index (χ1n) is 10.2. The minimum Gasteiger partial charge on any atom is -0.333 e. The third-order valence-electron chi connectivity index (χ3n) is 5.92. The summed E-state index contributed by atoms with van der Waals surface area (Å²) in [5.41, 5.74) is 3.87. The molecule has 5 rings (SSSR count). The lowest BCUT2D eigenvalue weighted by Crippen LogP contribution is -2.40. The predicted octanol–water partition coefficient (Wildman–Crippen LogP) is 4.04. The monoisotopic (exact) mass is 454 g/mol. The highest BCUT2D eigenvalue weighted by Gasteiger charge is 2.30. The van der Waals surface area contributed by atoms with Crippen molar-refractivity contribution in [3.63, 3.8) is 0 Å². The Morgan fingerprint density at radius 2 is 1.71 bits per heavy atom. The molecule has 2 aromatic carbocycles. The molecule has 0 saturated heterocycles. The fourth-order valence-electron chi connectivity index (χ4n) is 4.20. The molecule has 6 nitrogen and oxygen atoms in total. The van der Waals surface area contributed by atoms with E-state index in [2.05, 4.69) is 11.2 Å². The summed E-state index contributed by atoms with van der Waals surface area (Å²) in [7, 11) is 0. The summed E-state index contributed by atoms with van der Waals surface area (Å²) in [5, 5.41) is 5.49. The van der Waals surface area contributed by atoms with Crippen LogP contribution in [0.25, 0.3) is 0 Å². The summed E-state index contributed by atoms with van der Waals surface area (Å²) < 4.78 is 1.62. The molecule has 2 aliphatic heterocycles. The molecular weight excluding hydrogens is 435 g/mol. The van der Waals surface area contributed by atoms with E-state index < -0.39 is 0 Å². The maximum Gasteiger partial charge on any atom is 0.274 e. The van der Waals surface area contributed by atoms with Gasteiger partial charge in [0.05, 0.1) is 6.54 Å². The number of halogens is 2. The molecule has 3 heterocycles. The van der Waals surface area contributed by atoms with Crippen molar-refractivity contribution >= 4 is 35.0 Å². The van der Waals surface area contributed by atoms with E-state index >= 15 is 0 Å². The standard InChI is InChI=1S/C23H20Cl2N4O2/c24-18-6-3-7-19(25)17(18)14-28-10-11-29-21(23(28)31)12-20(26-29)22(30)27-9-8-15-4-1-2-5-16(15)13-27/h1-7,12H,8-11,13-14H2. The molecule has 0 saturated carbocycles. The molecule has 0 spiro atoms. The second-order valence-electron chi connectivity index (χ2n) is 7.81. The summed E-state index contributed by atoms with van der Waals surface area (Å²) in [6.45, 7) is 2.50. The SMILES string of the molecule is O=C(c1cc2n(n1)CCN(Cc1c(Cl)cccc1Cl)C2=O)N1CCc2ccccc2C1. The Labute approximate surface area is 190 Å². The number of carbonyl (C=O) groups is 2. The Hall–Kier alpha value is -2.83. The van der Waals surface area contributed by atoms with Crippen molar-refractivity contribution < 1.29 is 9.59 Å². The van der Waals surface area contributed by atoms with E-state index in [-0.39, 0.29) is 11.8 Å². The molecule has 2 aliphatic rings. The molecule has 0 atom stereocenters. The van der Waals surface area contributed by atoms with Gasteiger partial charge in [0.15, 0.2) is 5.69 Å². The predicted molar refractivity (Wildman–Crippen MR) is 118 cm³/mol. The summed E-state index contributed by atoms with van der Waals surface area (Å²) >= 11 is 12.5. The quantitative estimate of drug-likeness (QED) is 0.599. The maximum atomic E-state index is 13.1. The molecule has 0 bridgehead atoms. The molecule has 0 aliphatic carbocycles. The lowest BCUT2D eigenvalue weighted by atomic mass is 10.00. The lowest BCUT2D eigenvalue weighted by molar-refractivity contribution is 0.0680. The first kappa shape index (κ1) is 20.1. The summed E-state index contributed by atoms with van der Waals surface area (Å²) in [6.07, 6.45) is 0.820. The van der Waals surface area contributed by atoms with Gasteiger partial charge in [-0.25, -0.2) is 0 Å². The summed E-state index contributed by atoms with van der Waals surface area (Å²) in [5.74, 6) is -0.331. The molecule has 0 N–H and O–H groups in total. The molecule has 0 unspecified atom stereocenters. The Bertz CT molecular complexity index is 1170. The van der Waals surface area contributed by atoms with E-state index in [1.165, 1.54) is 5.56 Å². The Morgan fingerprint density at radius 3 is 2.48 bits per heavy atom. The van der Waals surface area contributed by atoms with Crippen molar-refractivity contribution in [1.29, 1.82) is 0 Å². The molecule has 3 aromatic rings. The number of aromatic nitrogens is 2. The van der Waals surface area contributed by atoms with Gasteiger partial charge in [-0.15, -0.1) is 0 Å². The summed E-state index contributed by atoms with van der Waals surface area (Å²) in [6, 6.07) is 15.1. The zero-order valence-electron chi connectivity index (χ0n) is 16.7. The number of hydrogen-bond acceptors (Lipinski definition) is 3. The minimum absolute atomic E-state index is 0.148. The number of amides is 2. The highest BCUT2D eigenvalue weighted by molar-refractivity contribution is 6.36. The fourth-order valence-corrected chi connectivity index (χ4v) is 4.72. The van der Waals surface area contributed by atoms with Gasteiger partial charge < -0.3 is 9.80 Å². The van der Waals surface area contributed by atoms with Crippen LogP contribution in [0, 0.1) is 0 Å². The lowest BCUT2D eigenvalue weighted by Gasteiger charge is -2.28. The van der Waals surface area contributed by atoms with E-state index in [1.54, 1.807) is 38.7 Å². The van der Waals surface area contributed by atoms with Crippen LogP contribution in [0.3, 0.4) is 0 Å². The molecule has 8 heteroatoms. The average Bonchev–Trinajstić information content (AvgIpc) is 3.22. The van der Waals surface area contributed by atoms with E-state index in [0.29, 0.717) is 54.2 Å². The fraction of sp³-hybridized carbons (Fsp3) is 0.261. The van der Waals surface area contributed by atoms with Gasteiger partial charge in [-0.1, -0.05) is 53.5 Å². The third kappa shape index (κ3) is 3.70. The minimum atomic E-state index is -0.183. The highest BCUT2D eigenvalue weighted by atomic mass is 35.5. The first-order valence-corrected chi connectivity index (χ1v) is 10.9. The van der Waals surface area contributed by atoms with Gasteiger partial charge in [-0.3, -0.25) is 14.3 Å². The largest absolute Gasteiger partial charge is 0.333 e. The van der Waals surface area contributed by atoms with E-state index in [0.717, 1.165) is 17.5 Å². The third-order valence-corrected chi connectivity index (χ3v) is 6.62. The number of hydrogen-bond donors (Lipinski definition) is 0. The van der Waals surface area contributed by atoms with Gasteiger partial charge in [0, 0.05) is 47.9 Å². The van der Waals surface area contributed by atoms with Gasteiger partial charge in [-0.2, -0.15) is 5.10 Å². The molecule has 0 fully saturated rings. The van der Waals surface area contributed by atoms with Gasteiger partial charge in [0.1, 0.15) is 5.69 Å². The van der Waals surface area contributed by atoms with Crippen molar-refractivity contribution in [3.8, 4) is 0 Å². The molecular formula is C23H20Cl2N4O2. The zero-order valence-corrected chi connectivity index (χ0v) is 18.2. The number of carbonyl (C=O) groups excluding carboxylic acids is 2. The van der Waals surface area contributed by atoms with Crippen molar-refractivity contribution in [3.05, 3.63) is 86.7 Å². The van der Waals surface area contributed by atoms with Crippen LogP contribution in [0.15, 0.2) is 48.5 Å². The van der Waals surface area contributed by atoms with Crippen LogP contribution >= 0.6 is 23.2 Å². The van der Waals surface area contributed by atoms with Crippen LogP contribution in [-0.2, 0) is 26.1 Å². The Kier molecular flexibility index (Phi) is 5.20. The highest BCUT2D eigenvalue weighted by Crippen LogP contribution is 2.27. The molecule has 1 aromatic heterocycles. The Morgan fingerprint density at radius 1 is 0.968 bits per heavy atom. The second-order valence-corrected chi connectivity index (χ2v) is 8.62. The van der Waals surface area contributed by atoms with Crippen molar-refractivity contribution in [2.45, 2.75) is 26.1 Å². The van der Waals surface area contributed by atoms with Gasteiger partial charge >= 0.3 is 0 Å². The van der Waals surface area contributed by atoms with E-state index in [9.17, 15) is 9.59 Å². The van der Waals surface area contributed by atoms with Gasteiger partial charge in [0.2, 0.25) is 0 Å². The maximum absolute atomic E-state index is 13.1. The molecule has 31 heavy (non-hydrogen) atoms. The van der Waals surface area contributed by atoms with Crippen molar-refractivity contribution in [2.24, 2.45) is 0 Å². The Balaban J connectivity index is 1.35. The molecule has 0 radical (unpaired) electrons. The normalized spacial score (nSPS) is 15.6. The number of fused-ring (bicyclic) bond motifs is 2. The van der Waals surface area contributed by atoms with Crippen LogP contribution in [-0.4, -0.2) is 44.5 Å². The number of nitrogens with zero attached hydrogens (tertiary/aromatic N) is 4. The van der Waals surface area contributed by atoms with Crippen molar-refractivity contribution in [1.82, 2.24) is 19.6 Å². The smallest absolute Gasteiger partial charge is 0.274 e. The number of rotatable bonds is 3. The van der Waals surface area contributed by atoms with Crippen LogP contribution in [0.5, 0.6) is 0 Å². The summed E-state index contributed by atoms with van der Waals surface area (Å²) in [4.78, 5) is 29.6. The van der Waals surface area contributed by atoms with Crippen LogP contribution in [0.4, 0.5) is 0 Å². The van der Waals surface area contributed by atoms with Crippen LogP contribution in [0.1, 0.15) is 37.7 Å².